The third kappa shape index (κ3) is 4.59. The van der Waals surface area contributed by atoms with Gasteiger partial charge in [0.15, 0.2) is 11.0 Å². The normalized spacial score (nSPS) is 11.7. The highest BCUT2D eigenvalue weighted by Gasteiger charge is 2.21. The molecule has 7 nitrogen and oxygen atoms in total. The van der Waals surface area contributed by atoms with E-state index in [9.17, 15) is 9.59 Å². The molecule has 2 rings (SSSR count). The fraction of sp³-hybridized carbons (Fsp3) is 0.333. The van der Waals surface area contributed by atoms with Gasteiger partial charge in [0, 0.05) is 13.0 Å². The quantitative estimate of drug-likeness (QED) is 0.540. The number of nitrogens with two attached hydrogens (primary N) is 1. The molecule has 0 bridgehead atoms. The minimum Gasteiger partial charge on any atom is -0.370 e. The van der Waals surface area contributed by atoms with Gasteiger partial charge in [-0.15, -0.1) is 28.0 Å². The molecule has 24 heavy (non-hydrogen) atoms. The molecule has 2 heterocycles. The summed E-state index contributed by atoms with van der Waals surface area (Å²) in [5.74, 6) is 2.43. The summed E-state index contributed by atoms with van der Waals surface area (Å²) in [5.41, 5.74) is 5.25. The zero-order valence-electron chi connectivity index (χ0n) is 13.1. The van der Waals surface area contributed by atoms with Gasteiger partial charge in [0.05, 0.1) is 16.7 Å². The van der Waals surface area contributed by atoms with E-state index >= 15 is 0 Å². The topological polar surface area (TPSA) is 103 Å². The van der Waals surface area contributed by atoms with E-state index in [0.717, 1.165) is 4.88 Å². The van der Waals surface area contributed by atoms with E-state index in [2.05, 4.69) is 21.4 Å². The minimum absolute atomic E-state index is 0.168. The summed E-state index contributed by atoms with van der Waals surface area (Å²) in [6, 6.07) is 3.84. The number of hydrogen-bond donors (Lipinski definition) is 2. The van der Waals surface area contributed by atoms with Crippen LogP contribution in [0.5, 0.6) is 0 Å². The van der Waals surface area contributed by atoms with Crippen LogP contribution in [0.1, 0.15) is 13.3 Å². The third-order valence-corrected chi connectivity index (χ3v) is 5.00. The van der Waals surface area contributed by atoms with Crippen LogP contribution < -0.4 is 11.1 Å². The molecule has 0 saturated carbocycles. The van der Waals surface area contributed by atoms with Crippen molar-refractivity contribution in [3.63, 3.8) is 0 Å². The number of aromatic nitrogens is 3. The van der Waals surface area contributed by atoms with Gasteiger partial charge in [0.2, 0.25) is 11.8 Å². The molecule has 2 aromatic heterocycles. The summed E-state index contributed by atoms with van der Waals surface area (Å²) >= 11 is 2.78. The Labute approximate surface area is 148 Å². The highest BCUT2D eigenvalue weighted by Crippen LogP contribution is 2.29. The summed E-state index contributed by atoms with van der Waals surface area (Å²) < 4.78 is 1.81. The number of nitrogens with zero attached hydrogens (tertiary/aromatic N) is 3. The van der Waals surface area contributed by atoms with Gasteiger partial charge in [-0.2, -0.15) is 0 Å². The Morgan fingerprint density at radius 1 is 1.54 bits per heavy atom. The summed E-state index contributed by atoms with van der Waals surface area (Å²) in [5, 5.41) is 13.1. The number of rotatable bonds is 8. The first kappa shape index (κ1) is 18.0. The lowest BCUT2D eigenvalue weighted by Crippen LogP contribution is -2.31. The molecule has 0 aliphatic rings. The van der Waals surface area contributed by atoms with Crippen molar-refractivity contribution in [3.8, 4) is 23.0 Å². The molecule has 1 unspecified atom stereocenters. The second-order valence-electron chi connectivity index (χ2n) is 4.83. The molecule has 126 valence electrons. The minimum atomic E-state index is -0.406. The molecule has 3 N–H and O–H groups in total. The third-order valence-electron chi connectivity index (χ3n) is 3.06. The standard InChI is InChI=1S/C15H17N5O2S2/c1-3-7-17-14(22)10(2)24-15-19-18-13(11-5-4-9-23-11)20(15)8-6-12(16)21/h1,4-5,9-10H,6-8H2,2H3,(H2,16,21)(H,17,22). The van der Waals surface area contributed by atoms with Crippen molar-refractivity contribution in [3.05, 3.63) is 17.5 Å². The molecule has 0 radical (unpaired) electrons. The lowest BCUT2D eigenvalue weighted by atomic mass is 10.4. The van der Waals surface area contributed by atoms with E-state index in [1.165, 1.54) is 23.1 Å². The maximum atomic E-state index is 12.0. The highest BCUT2D eigenvalue weighted by atomic mass is 32.2. The fourth-order valence-electron chi connectivity index (χ4n) is 1.88. The van der Waals surface area contributed by atoms with Crippen LogP contribution in [0.4, 0.5) is 0 Å². The first-order valence-electron chi connectivity index (χ1n) is 7.16. The highest BCUT2D eigenvalue weighted by molar-refractivity contribution is 8.00. The van der Waals surface area contributed by atoms with Crippen LogP contribution in [0.3, 0.4) is 0 Å². The number of thioether (sulfide) groups is 1. The Kier molecular flexibility index (Phi) is 6.40. The lowest BCUT2D eigenvalue weighted by Gasteiger charge is -2.12. The molecule has 9 heteroatoms. The van der Waals surface area contributed by atoms with Crippen LogP contribution in [0.25, 0.3) is 10.7 Å². The van der Waals surface area contributed by atoms with E-state index in [-0.39, 0.29) is 18.9 Å². The van der Waals surface area contributed by atoms with Crippen molar-refractivity contribution in [2.75, 3.05) is 6.54 Å². The summed E-state index contributed by atoms with van der Waals surface area (Å²) in [6.07, 6.45) is 5.31. The molecule has 0 aliphatic carbocycles. The second kappa shape index (κ2) is 8.52. The van der Waals surface area contributed by atoms with Crippen molar-refractivity contribution < 1.29 is 9.59 Å². The number of terminal acetylenes is 1. The average Bonchev–Trinajstić information content (AvgIpc) is 3.19. The number of hydrogen-bond acceptors (Lipinski definition) is 6. The Morgan fingerprint density at radius 2 is 2.33 bits per heavy atom. The molecule has 0 saturated heterocycles. The number of thiophene rings is 1. The van der Waals surface area contributed by atoms with E-state index in [1.54, 1.807) is 6.92 Å². The van der Waals surface area contributed by atoms with Gasteiger partial charge in [0.1, 0.15) is 0 Å². The van der Waals surface area contributed by atoms with Crippen molar-refractivity contribution in [2.24, 2.45) is 5.73 Å². The van der Waals surface area contributed by atoms with E-state index in [0.29, 0.717) is 17.5 Å². The number of primary amides is 1. The van der Waals surface area contributed by atoms with Gasteiger partial charge in [0.25, 0.3) is 0 Å². The van der Waals surface area contributed by atoms with Crippen molar-refractivity contribution in [2.45, 2.75) is 30.3 Å². The predicted octanol–water partition coefficient (Wildman–Crippen LogP) is 1.11. The molecular weight excluding hydrogens is 346 g/mol. The maximum absolute atomic E-state index is 12.0. The van der Waals surface area contributed by atoms with Crippen LogP contribution in [-0.2, 0) is 16.1 Å². The Bertz CT molecular complexity index is 749. The monoisotopic (exact) mass is 363 g/mol. The smallest absolute Gasteiger partial charge is 0.234 e. The van der Waals surface area contributed by atoms with Crippen LogP contribution in [0.15, 0.2) is 22.7 Å². The van der Waals surface area contributed by atoms with Crippen LogP contribution >= 0.6 is 23.1 Å². The molecule has 0 aliphatic heterocycles. The van der Waals surface area contributed by atoms with Crippen LogP contribution in [0.2, 0.25) is 0 Å². The number of carbonyl (C=O) groups excluding carboxylic acids is 2. The van der Waals surface area contributed by atoms with Gasteiger partial charge in [-0.25, -0.2) is 0 Å². The van der Waals surface area contributed by atoms with Gasteiger partial charge in [-0.1, -0.05) is 23.7 Å². The van der Waals surface area contributed by atoms with Crippen molar-refractivity contribution in [1.29, 1.82) is 0 Å². The molecule has 2 amide bonds. The molecule has 0 spiro atoms. The van der Waals surface area contributed by atoms with Gasteiger partial charge < -0.3 is 15.6 Å². The average molecular weight is 363 g/mol. The van der Waals surface area contributed by atoms with Crippen LogP contribution in [0, 0.1) is 12.3 Å². The molecule has 1 atom stereocenters. The molecule has 0 fully saturated rings. The Morgan fingerprint density at radius 3 is 2.96 bits per heavy atom. The summed E-state index contributed by atoms with van der Waals surface area (Å²) in [4.78, 5) is 24.0. The predicted molar refractivity (Wildman–Crippen MR) is 94.3 cm³/mol. The van der Waals surface area contributed by atoms with Crippen molar-refractivity contribution in [1.82, 2.24) is 20.1 Å². The first-order valence-corrected chi connectivity index (χ1v) is 8.92. The fourth-order valence-corrected chi connectivity index (χ4v) is 3.50. The molecular formula is C15H17N5O2S2. The van der Waals surface area contributed by atoms with Crippen molar-refractivity contribution >= 4 is 34.9 Å². The SMILES string of the molecule is C#CCNC(=O)C(C)Sc1nnc(-c2cccs2)n1CCC(N)=O. The van der Waals surface area contributed by atoms with Crippen LogP contribution in [-0.4, -0.2) is 38.4 Å². The van der Waals surface area contributed by atoms with E-state index in [4.69, 9.17) is 12.2 Å². The number of nitrogens with one attached hydrogen (secondary N) is 1. The molecule has 0 aromatic carbocycles. The largest absolute Gasteiger partial charge is 0.370 e. The van der Waals surface area contributed by atoms with Gasteiger partial charge in [-0.3, -0.25) is 9.59 Å². The summed E-state index contributed by atoms with van der Waals surface area (Å²) in [7, 11) is 0. The summed E-state index contributed by atoms with van der Waals surface area (Å²) in [6.45, 7) is 2.30. The Balaban J connectivity index is 2.21. The zero-order valence-corrected chi connectivity index (χ0v) is 14.7. The maximum Gasteiger partial charge on any atom is 0.234 e. The zero-order chi connectivity index (χ0) is 17.5. The van der Waals surface area contributed by atoms with Gasteiger partial charge in [-0.05, 0) is 18.4 Å². The second-order valence-corrected chi connectivity index (χ2v) is 7.09. The first-order chi connectivity index (χ1) is 11.5. The van der Waals surface area contributed by atoms with Gasteiger partial charge >= 0.3 is 0 Å². The van der Waals surface area contributed by atoms with E-state index < -0.39 is 11.2 Å². The molecule has 2 aromatic rings. The van der Waals surface area contributed by atoms with E-state index in [1.807, 2.05) is 22.1 Å². The Hall–Kier alpha value is -2.31. The lowest BCUT2D eigenvalue weighted by molar-refractivity contribution is -0.120. The number of amides is 2. The number of carbonyl (C=O) groups is 2.